The Morgan fingerprint density at radius 3 is 2.82 bits per heavy atom. The molecule has 0 aliphatic carbocycles. The lowest BCUT2D eigenvalue weighted by Gasteiger charge is -1.95. The predicted molar refractivity (Wildman–Crippen MR) is 60.8 cm³/mol. The molecule has 0 bridgehead atoms. The molecule has 17 heavy (non-hydrogen) atoms. The molecule has 2 heterocycles. The summed E-state index contributed by atoms with van der Waals surface area (Å²) in [6.07, 6.45) is 4.23. The average molecular weight is 232 g/mol. The molecule has 0 aliphatic rings. The fourth-order valence-corrected chi connectivity index (χ4v) is 1.17. The van der Waals surface area contributed by atoms with Crippen LogP contribution in [0.4, 0.5) is 5.69 Å². The van der Waals surface area contributed by atoms with Crippen molar-refractivity contribution in [1.29, 1.82) is 0 Å². The standard InChI is InChI=1S/C10H8N4O3/c15-8-7(9(16)14-10(17)13-8)5-12-6-2-1-3-11-4-6/h1-5H,(H3,13,14,15,16,17). The van der Waals surface area contributed by atoms with Gasteiger partial charge in [-0.15, -0.1) is 0 Å². The fourth-order valence-electron chi connectivity index (χ4n) is 1.17. The van der Waals surface area contributed by atoms with Gasteiger partial charge in [0.2, 0.25) is 5.88 Å². The van der Waals surface area contributed by atoms with Crippen LogP contribution in [0.25, 0.3) is 0 Å². The van der Waals surface area contributed by atoms with E-state index in [1.807, 2.05) is 4.98 Å². The van der Waals surface area contributed by atoms with E-state index in [1.54, 1.807) is 18.3 Å². The Kier molecular flexibility index (Phi) is 2.82. The molecule has 7 nitrogen and oxygen atoms in total. The molecule has 0 spiro atoms. The lowest BCUT2D eigenvalue weighted by Crippen LogP contribution is -2.24. The molecular formula is C10H8N4O3. The molecule has 2 aromatic rings. The minimum absolute atomic E-state index is 0.117. The smallest absolute Gasteiger partial charge is 0.328 e. The molecule has 0 saturated heterocycles. The maximum absolute atomic E-state index is 11.3. The summed E-state index contributed by atoms with van der Waals surface area (Å²) in [6, 6.07) is 3.37. The third-order valence-corrected chi connectivity index (χ3v) is 1.95. The van der Waals surface area contributed by atoms with Crippen LogP contribution in [0.2, 0.25) is 0 Å². The lowest BCUT2D eigenvalue weighted by atomic mass is 10.3. The van der Waals surface area contributed by atoms with Crippen LogP contribution in [0.5, 0.6) is 5.88 Å². The van der Waals surface area contributed by atoms with Gasteiger partial charge in [0.25, 0.3) is 5.56 Å². The van der Waals surface area contributed by atoms with Crippen LogP contribution >= 0.6 is 0 Å². The SMILES string of the molecule is O=c1[nH]c(O)c(C=Nc2cccnc2)c(=O)[nH]1. The van der Waals surface area contributed by atoms with Crippen LogP contribution in [0.15, 0.2) is 39.1 Å². The zero-order valence-corrected chi connectivity index (χ0v) is 8.54. The monoisotopic (exact) mass is 232 g/mol. The third-order valence-electron chi connectivity index (χ3n) is 1.95. The summed E-state index contributed by atoms with van der Waals surface area (Å²) in [5.41, 5.74) is -1.07. The molecule has 0 saturated carbocycles. The predicted octanol–water partition coefficient (Wildman–Crippen LogP) is -0.0856. The molecule has 2 rings (SSSR count). The van der Waals surface area contributed by atoms with Crippen LogP contribution in [0, 0.1) is 0 Å². The highest BCUT2D eigenvalue weighted by molar-refractivity contribution is 5.83. The van der Waals surface area contributed by atoms with Crippen molar-refractivity contribution in [3.8, 4) is 5.88 Å². The summed E-state index contributed by atoms with van der Waals surface area (Å²) in [5, 5.41) is 9.37. The number of H-pyrrole nitrogens is 2. The Morgan fingerprint density at radius 2 is 2.18 bits per heavy atom. The first-order valence-corrected chi connectivity index (χ1v) is 4.66. The van der Waals surface area contributed by atoms with Gasteiger partial charge in [-0.2, -0.15) is 0 Å². The first kappa shape index (κ1) is 10.8. The maximum Gasteiger partial charge on any atom is 0.328 e. The summed E-state index contributed by atoms with van der Waals surface area (Å²) >= 11 is 0. The quantitative estimate of drug-likeness (QED) is 0.628. The number of rotatable bonds is 2. The number of aromatic amines is 2. The lowest BCUT2D eigenvalue weighted by molar-refractivity contribution is 0.447. The molecule has 0 fully saturated rings. The number of pyridine rings is 1. The molecule has 3 N–H and O–H groups in total. The van der Waals surface area contributed by atoms with E-state index < -0.39 is 17.1 Å². The topological polar surface area (TPSA) is 111 Å². The van der Waals surface area contributed by atoms with Crippen molar-refractivity contribution >= 4 is 11.9 Å². The number of nitrogens with zero attached hydrogens (tertiary/aromatic N) is 2. The van der Waals surface area contributed by atoms with Crippen molar-refractivity contribution in [3.05, 3.63) is 50.9 Å². The van der Waals surface area contributed by atoms with Crippen molar-refractivity contribution in [2.45, 2.75) is 0 Å². The van der Waals surface area contributed by atoms with E-state index in [-0.39, 0.29) is 5.56 Å². The highest BCUT2D eigenvalue weighted by Gasteiger charge is 2.04. The number of aromatic nitrogens is 3. The normalized spacial score (nSPS) is 10.8. The summed E-state index contributed by atoms with van der Waals surface area (Å²) in [6.45, 7) is 0. The Balaban J connectivity index is 2.41. The number of hydrogen-bond donors (Lipinski definition) is 3. The second-order valence-electron chi connectivity index (χ2n) is 3.14. The molecule has 0 radical (unpaired) electrons. The Hall–Kier alpha value is -2.70. The van der Waals surface area contributed by atoms with Crippen LogP contribution in [0.3, 0.4) is 0 Å². The van der Waals surface area contributed by atoms with Crippen LogP contribution in [-0.4, -0.2) is 26.3 Å². The summed E-state index contributed by atoms with van der Waals surface area (Å²) in [4.78, 5) is 34.0. The van der Waals surface area contributed by atoms with Gasteiger partial charge in [-0.1, -0.05) is 0 Å². The van der Waals surface area contributed by atoms with Crippen molar-refractivity contribution < 1.29 is 5.11 Å². The second-order valence-corrected chi connectivity index (χ2v) is 3.14. The molecule has 0 unspecified atom stereocenters. The molecule has 0 aliphatic heterocycles. The van der Waals surface area contributed by atoms with Crippen molar-refractivity contribution in [2.24, 2.45) is 4.99 Å². The van der Waals surface area contributed by atoms with Gasteiger partial charge in [-0.3, -0.25) is 24.7 Å². The van der Waals surface area contributed by atoms with Gasteiger partial charge in [-0.25, -0.2) is 4.79 Å². The Morgan fingerprint density at radius 1 is 1.35 bits per heavy atom. The highest BCUT2D eigenvalue weighted by atomic mass is 16.3. The number of nitrogens with one attached hydrogen (secondary N) is 2. The van der Waals surface area contributed by atoms with E-state index in [4.69, 9.17) is 0 Å². The zero-order chi connectivity index (χ0) is 12.3. The van der Waals surface area contributed by atoms with E-state index in [9.17, 15) is 14.7 Å². The molecule has 2 aromatic heterocycles. The summed E-state index contributed by atoms with van der Waals surface area (Å²) in [5.74, 6) is -0.522. The van der Waals surface area contributed by atoms with Gasteiger partial charge in [0.15, 0.2) is 0 Å². The maximum atomic E-state index is 11.3. The van der Waals surface area contributed by atoms with Gasteiger partial charge in [0.05, 0.1) is 11.9 Å². The van der Waals surface area contributed by atoms with Crippen LogP contribution in [0.1, 0.15) is 5.56 Å². The van der Waals surface area contributed by atoms with Gasteiger partial charge < -0.3 is 5.11 Å². The molecule has 0 amide bonds. The first-order chi connectivity index (χ1) is 8.16. The summed E-state index contributed by atoms with van der Waals surface area (Å²) in [7, 11) is 0. The van der Waals surface area contributed by atoms with Crippen molar-refractivity contribution in [3.63, 3.8) is 0 Å². The zero-order valence-electron chi connectivity index (χ0n) is 8.54. The van der Waals surface area contributed by atoms with E-state index in [1.165, 1.54) is 6.20 Å². The Labute approximate surface area is 94.5 Å². The van der Waals surface area contributed by atoms with Gasteiger partial charge in [0, 0.05) is 12.4 Å². The molecule has 86 valence electrons. The minimum atomic E-state index is -0.772. The molecule has 0 aromatic carbocycles. The van der Waals surface area contributed by atoms with E-state index in [2.05, 4.69) is 15.0 Å². The fraction of sp³-hybridized carbons (Fsp3) is 0. The first-order valence-electron chi connectivity index (χ1n) is 4.66. The largest absolute Gasteiger partial charge is 0.494 e. The minimum Gasteiger partial charge on any atom is -0.494 e. The van der Waals surface area contributed by atoms with Gasteiger partial charge in [0.1, 0.15) is 5.56 Å². The van der Waals surface area contributed by atoms with Gasteiger partial charge in [-0.05, 0) is 12.1 Å². The van der Waals surface area contributed by atoms with Crippen LogP contribution < -0.4 is 11.2 Å². The average Bonchev–Trinajstić information content (AvgIpc) is 2.29. The van der Waals surface area contributed by atoms with Crippen LogP contribution in [-0.2, 0) is 0 Å². The Bertz CT molecular complexity index is 657. The number of aromatic hydroxyl groups is 1. The second kappa shape index (κ2) is 4.44. The molecular weight excluding hydrogens is 224 g/mol. The number of hydrogen-bond acceptors (Lipinski definition) is 5. The van der Waals surface area contributed by atoms with Gasteiger partial charge >= 0.3 is 5.69 Å². The summed E-state index contributed by atoms with van der Waals surface area (Å²) < 4.78 is 0. The van der Waals surface area contributed by atoms with E-state index in [0.29, 0.717) is 5.69 Å². The molecule has 0 atom stereocenters. The van der Waals surface area contributed by atoms with E-state index >= 15 is 0 Å². The van der Waals surface area contributed by atoms with Crippen molar-refractivity contribution in [1.82, 2.24) is 15.0 Å². The number of aliphatic imine (C=N–C) groups is 1. The molecule has 7 heteroatoms. The highest BCUT2D eigenvalue weighted by Crippen LogP contribution is 2.09. The van der Waals surface area contributed by atoms with E-state index in [0.717, 1.165) is 6.21 Å². The third kappa shape index (κ3) is 2.46. The van der Waals surface area contributed by atoms with Crippen molar-refractivity contribution in [2.75, 3.05) is 0 Å².